The van der Waals surface area contributed by atoms with Gasteiger partial charge in [0.15, 0.2) is 13.2 Å². The van der Waals surface area contributed by atoms with Gasteiger partial charge in [0.2, 0.25) is 0 Å². The Balaban J connectivity index is 1.62. The van der Waals surface area contributed by atoms with Crippen LogP contribution in [0.2, 0.25) is 0 Å². The largest absolute Gasteiger partial charge is 0.460 e. The van der Waals surface area contributed by atoms with Gasteiger partial charge in [-0.25, -0.2) is 9.59 Å². The lowest BCUT2D eigenvalue weighted by Gasteiger charge is -2.22. The van der Waals surface area contributed by atoms with E-state index in [2.05, 4.69) is 0 Å². The molecule has 2 saturated carbocycles. The minimum Gasteiger partial charge on any atom is -0.460 e. The second-order valence-electron chi connectivity index (χ2n) is 7.18. The Kier molecular flexibility index (Phi) is 5.65. The molecule has 6 heteroatoms. The Labute approximate surface area is 136 Å². The number of hydrogen-bond acceptors (Lipinski definition) is 6. The molecule has 6 nitrogen and oxygen atoms in total. The molecule has 0 amide bonds. The molecular weight excluding hydrogens is 300 g/mol. The molecule has 0 spiro atoms. The van der Waals surface area contributed by atoms with Gasteiger partial charge in [0.25, 0.3) is 0 Å². The van der Waals surface area contributed by atoms with E-state index < -0.39 is 36.5 Å². The van der Waals surface area contributed by atoms with Crippen molar-refractivity contribution >= 4 is 17.9 Å². The lowest BCUT2D eigenvalue weighted by molar-refractivity contribution is -0.170. The van der Waals surface area contributed by atoms with Crippen LogP contribution in [-0.4, -0.2) is 37.2 Å². The molecule has 23 heavy (non-hydrogen) atoms. The van der Waals surface area contributed by atoms with Crippen LogP contribution >= 0.6 is 0 Å². The molecule has 0 radical (unpaired) electrons. The smallest absolute Gasteiger partial charge is 0.344 e. The van der Waals surface area contributed by atoms with E-state index in [1.165, 1.54) is 6.42 Å². The molecule has 0 heterocycles. The monoisotopic (exact) mass is 326 g/mol. The normalized spacial score (nSPS) is 26.0. The highest BCUT2D eigenvalue weighted by atomic mass is 16.6. The summed E-state index contributed by atoms with van der Waals surface area (Å²) in [5.74, 6) is -0.577. The van der Waals surface area contributed by atoms with E-state index in [-0.39, 0.29) is 6.10 Å². The summed E-state index contributed by atoms with van der Waals surface area (Å²) in [4.78, 5) is 35.0. The van der Waals surface area contributed by atoms with Gasteiger partial charge in [-0.15, -0.1) is 0 Å². The van der Waals surface area contributed by atoms with Gasteiger partial charge in [-0.1, -0.05) is 6.92 Å². The van der Waals surface area contributed by atoms with Crippen LogP contribution in [0, 0.1) is 17.3 Å². The maximum absolute atomic E-state index is 11.7. The Hall–Kier alpha value is -1.59. The molecule has 3 atom stereocenters. The minimum absolute atomic E-state index is 0.0249. The van der Waals surface area contributed by atoms with Crippen LogP contribution in [0.4, 0.5) is 0 Å². The topological polar surface area (TPSA) is 78.9 Å². The fourth-order valence-corrected chi connectivity index (χ4v) is 3.18. The standard InChI is InChI=1S/C17H26O6/c1-4-17(2,3)16(20)22-9-14(18)21-10-15(19)23-13-8-11-5-6-12(13)7-11/h11-13H,4-10H2,1-3H3. The summed E-state index contributed by atoms with van der Waals surface area (Å²) in [5.41, 5.74) is -0.638. The predicted octanol–water partition coefficient (Wildman–Crippen LogP) is 2.24. The highest BCUT2D eigenvalue weighted by Gasteiger charge is 2.41. The van der Waals surface area contributed by atoms with E-state index in [4.69, 9.17) is 14.2 Å². The number of carbonyl (C=O) groups excluding carboxylic acids is 3. The molecule has 3 unspecified atom stereocenters. The molecule has 0 aromatic carbocycles. The summed E-state index contributed by atoms with van der Waals surface area (Å²) < 4.78 is 15.1. The third-order valence-corrected chi connectivity index (χ3v) is 5.06. The van der Waals surface area contributed by atoms with Crippen LogP contribution in [0.3, 0.4) is 0 Å². The van der Waals surface area contributed by atoms with E-state index >= 15 is 0 Å². The first kappa shape index (κ1) is 17.8. The van der Waals surface area contributed by atoms with E-state index in [0.29, 0.717) is 18.3 Å². The fraction of sp³-hybridized carbons (Fsp3) is 0.824. The maximum atomic E-state index is 11.7. The van der Waals surface area contributed by atoms with Gasteiger partial charge in [-0.05, 0) is 57.8 Å². The lowest BCUT2D eigenvalue weighted by atomic mass is 9.91. The van der Waals surface area contributed by atoms with Crippen LogP contribution in [0.15, 0.2) is 0 Å². The van der Waals surface area contributed by atoms with Gasteiger partial charge in [0, 0.05) is 0 Å². The molecule has 2 rings (SSSR count). The predicted molar refractivity (Wildman–Crippen MR) is 81.3 cm³/mol. The summed E-state index contributed by atoms with van der Waals surface area (Å²) in [6.45, 7) is 4.44. The number of rotatable bonds is 7. The van der Waals surface area contributed by atoms with Crippen molar-refractivity contribution in [3.63, 3.8) is 0 Å². The molecule has 0 aliphatic heterocycles. The quantitative estimate of drug-likeness (QED) is 0.527. The number of hydrogen-bond donors (Lipinski definition) is 0. The Morgan fingerprint density at radius 1 is 1.00 bits per heavy atom. The first-order chi connectivity index (χ1) is 10.8. The van der Waals surface area contributed by atoms with Crippen LogP contribution < -0.4 is 0 Å². The van der Waals surface area contributed by atoms with Crippen molar-refractivity contribution in [2.45, 2.75) is 59.0 Å². The third-order valence-electron chi connectivity index (χ3n) is 5.06. The zero-order chi connectivity index (χ0) is 17.0. The third kappa shape index (κ3) is 4.69. The van der Waals surface area contributed by atoms with Crippen molar-refractivity contribution in [1.29, 1.82) is 0 Å². The molecular formula is C17H26O6. The second kappa shape index (κ2) is 7.32. The van der Waals surface area contributed by atoms with Crippen molar-refractivity contribution in [2.75, 3.05) is 13.2 Å². The molecule has 2 fully saturated rings. The Morgan fingerprint density at radius 3 is 2.26 bits per heavy atom. The Bertz CT molecular complexity index is 470. The van der Waals surface area contributed by atoms with Crippen molar-refractivity contribution < 1.29 is 28.6 Å². The molecule has 0 aromatic rings. The average Bonchev–Trinajstić information content (AvgIpc) is 3.13. The summed E-state index contributed by atoms with van der Waals surface area (Å²) in [6.07, 6.45) is 4.99. The second-order valence-corrected chi connectivity index (χ2v) is 7.18. The van der Waals surface area contributed by atoms with Gasteiger partial charge in [-0.2, -0.15) is 0 Å². The zero-order valence-corrected chi connectivity index (χ0v) is 14.1. The van der Waals surface area contributed by atoms with Crippen LogP contribution in [0.5, 0.6) is 0 Å². The number of fused-ring (bicyclic) bond motifs is 2. The van der Waals surface area contributed by atoms with Crippen molar-refractivity contribution in [3.05, 3.63) is 0 Å². The molecule has 2 bridgehead atoms. The van der Waals surface area contributed by atoms with Gasteiger partial charge in [0.05, 0.1) is 5.41 Å². The molecule has 130 valence electrons. The summed E-state index contributed by atoms with van der Waals surface area (Å²) in [5, 5.41) is 0. The van der Waals surface area contributed by atoms with E-state index in [0.717, 1.165) is 19.3 Å². The summed E-state index contributed by atoms with van der Waals surface area (Å²) >= 11 is 0. The fourth-order valence-electron chi connectivity index (χ4n) is 3.18. The highest BCUT2D eigenvalue weighted by molar-refractivity contribution is 5.81. The number of ether oxygens (including phenoxy) is 3. The Morgan fingerprint density at radius 2 is 1.70 bits per heavy atom. The highest BCUT2D eigenvalue weighted by Crippen LogP contribution is 2.45. The zero-order valence-electron chi connectivity index (χ0n) is 14.1. The molecule has 0 saturated heterocycles. The van der Waals surface area contributed by atoms with E-state index in [9.17, 15) is 14.4 Å². The van der Waals surface area contributed by atoms with Gasteiger partial charge in [0.1, 0.15) is 6.10 Å². The van der Waals surface area contributed by atoms with E-state index in [1.807, 2.05) is 6.92 Å². The number of carbonyl (C=O) groups is 3. The molecule has 2 aliphatic carbocycles. The summed E-state index contributed by atoms with van der Waals surface area (Å²) in [7, 11) is 0. The van der Waals surface area contributed by atoms with Crippen molar-refractivity contribution in [2.24, 2.45) is 17.3 Å². The molecule has 0 aromatic heterocycles. The van der Waals surface area contributed by atoms with Gasteiger partial charge in [-0.3, -0.25) is 4.79 Å². The SMILES string of the molecule is CCC(C)(C)C(=O)OCC(=O)OCC(=O)OC1CC2CCC1C2. The van der Waals surface area contributed by atoms with Gasteiger partial charge >= 0.3 is 17.9 Å². The molecule has 2 aliphatic rings. The van der Waals surface area contributed by atoms with Crippen molar-refractivity contribution in [1.82, 2.24) is 0 Å². The van der Waals surface area contributed by atoms with Crippen molar-refractivity contribution in [3.8, 4) is 0 Å². The first-order valence-electron chi connectivity index (χ1n) is 8.34. The lowest BCUT2D eigenvalue weighted by Crippen LogP contribution is -2.30. The minimum atomic E-state index is -0.741. The van der Waals surface area contributed by atoms with E-state index in [1.54, 1.807) is 13.8 Å². The van der Waals surface area contributed by atoms with Crippen LogP contribution in [0.25, 0.3) is 0 Å². The van der Waals surface area contributed by atoms with Crippen LogP contribution in [0.1, 0.15) is 52.9 Å². The number of esters is 3. The molecule has 0 N–H and O–H groups in total. The van der Waals surface area contributed by atoms with Gasteiger partial charge < -0.3 is 14.2 Å². The maximum Gasteiger partial charge on any atom is 0.344 e. The first-order valence-corrected chi connectivity index (χ1v) is 8.34. The average molecular weight is 326 g/mol. The summed E-state index contributed by atoms with van der Waals surface area (Å²) in [6, 6.07) is 0. The van der Waals surface area contributed by atoms with Crippen LogP contribution in [-0.2, 0) is 28.6 Å².